The predicted octanol–water partition coefficient (Wildman–Crippen LogP) is 4.21. The van der Waals surface area contributed by atoms with Gasteiger partial charge in [0.15, 0.2) is 0 Å². The van der Waals surface area contributed by atoms with E-state index in [9.17, 15) is 9.90 Å². The molecule has 0 unspecified atom stereocenters. The first kappa shape index (κ1) is 13.0. The van der Waals surface area contributed by atoms with E-state index in [4.69, 9.17) is 0 Å². The lowest BCUT2D eigenvalue weighted by atomic mass is 10.1. The number of halogens is 1. The SMILES string of the molecule is CC(C)(C)N(C(=O)O)c1cc2cc(Br)ccc2[nH]1. The van der Waals surface area contributed by atoms with Crippen LogP contribution in [0.3, 0.4) is 0 Å². The molecule has 0 fully saturated rings. The summed E-state index contributed by atoms with van der Waals surface area (Å²) >= 11 is 3.40. The molecule has 2 N–H and O–H groups in total. The lowest BCUT2D eigenvalue weighted by Crippen LogP contribution is -2.45. The van der Waals surface area contributed by atoms with Gasteiger partial charge in [-0.15, -0.1) is 0 Å². The molecule has 4 nitrogen and oxygen atoms in total. The van der Waals surface area contributed by atoms with Crippen LogP contribution in [-0.2, 0) is 0 Å². The van der Waals surface area contributed by atoms with E-state index in [1.165, 1.54) is 4.90 Å². The Morgan fingerprint density at radius 3 is 2.56 bits per heavy atom. The first-order chi connectivity index (χ1) is 8.29. The maximum Gasteiger partial charge on any atom is 0.413 e. The van der Waals surface area contributed by atoms with E-state index in [2.05, 4.69) is 20.9 Å². The van der Waals surface area contributed by atoms with Crippen molar-refractivity contribution in [2.75, 3.05) is 4.90 Å². The Labute approximate surface area is 114 Å². The van der Waals surface area contributed by atoms with Crippen LogP contribution in [0, 0.1) is 0 Å². The minimum Gasteiger partial charge on any atom is -0.465 e. The van der Waals surface area contributed by atoms with Crippen molar-refractivity contribution in [1.29, 1.82) is 0 Å². The van der Waals surface area contributed by atoms with Gasteiger partial charge in [0, 0.05) is 20.9 Å². The van der Waals surface area contributed by atoms with E-state index in [0.717, 1.165) is 15.4 Å². The number of amides is 1. The molecule has 5 heteroatoms. The number of carboxylic acid groups (broad SMARTS) is 1. The van der Waals surface area contributed by atoms with Gasteiger partial charge >= 0.3 is 6.09 Å². The molecule has 1 amide bonds. The third-order valence-electron chi connectivity index (χ3n) is 2.67. The van der Waals surface area contributed by atoms with Crippen molar-refractivity contribution in [1.82, 2.24) is 4.98 Å². The molecule has 0 aliphatic carbocycles. The molecule has 0 saturated carbocycles. The van der Waals surface area contributed by atoms with Crippen LogP contribution in [0.2, 0.25) is 0 Å². The molecule has 0 atom stereocenters. The van der Waals surface area contributed by atoms with Crippen LogP contribution in [0.4, 0.5) is 10.6 Å². The third-order valence-corrected chi connectivity index (χ3v) is 3.16. The molecule has 0 radical (unpaired) electrons. The highest BCUT2D eigenvalue weighted by molar-refractivity contribution is 9.10. The van der Waals surface area contributed by atoms with Crippen LogP contribution >= 0.6 is 15.9 Å². The van der Waals surface area contributed by atoms with Crippen LogP contribution < -0.4 is 4.90 Å². The lowest BCUT2D eigenvalue weighted by molar-refractivity contribution is 0.195. The number of carbonyl (C=O) groups is 1. The molecule has 1 heterocycles. The highest BCUT2D eigenvalue weighted by Gasteiger charge is 2.29. The molecule has 1 aromatic carbocycles. The normalized spacial score (nSPS) is 11.8. The number of H-pyrrole nitrogens is 1. The van der Waals surface area contributed by atoms with Crippen LogP contribution in [-0.4, -0.2) is 21.7 Å². The molecule has 2 rings (SSSR count). The standard InChI is InChI=1S/C13H15BrN2O2/c1-13(2,3)16(12(17)18)11-7-8-6-9(14)4-5-10(8)15-11/h4-7,15H,1-3H3,(H,17,18). The number of hydrogen-bond donors (Lipinski definition) is 2. The minimum absolute atomic E-state index is 0.496. The van der Waals surface area contributed by atoms with Gasteiger partial charge in [-0.1, -0.05) is 15.9 Å². The fourth-order valence-corrected chi connectivity index (χ4v) is 2.34. The number of benzene rings is 1. The maximum atomic E-state index is 11.4. The van der Waals surface area contributed by atoms with Crippen LogP contribution in [0.15, 0.2) is 28.7 Å². The molecule has 0 bridgehead atoms. The Balaban J connectivity index is 2.55. The van der Waals surface area contributed by atoms with Crippen molar-refractivity contribution >= 4 is 38.7 Å². The average molecular weight is 311 g/mol. The van der Waals surface area contributed by atoms with E-state index in [-0.39, 0.29) is 0 Å². The van der Waals surface area contributed by atoms with Crippen LogP contribution in [0.25, 0.3) is 10.9 Å². The zero-order valence-corrected chi connectivity index (χ0v) is 12.1. The number of nitrogens with zero attached hydrogens (tertiary/aromatic N) is 1. The number of nitrogens with one attached hydrogen (secondary N) is 1. The Morgan fingerprint density at radius 2 is 2.00 bits per heavy atom. The summed E-state index contributed by atoms with van der Waals surface area (Å²) in [6, 6.07) is 7.65. The van der Waals surface area contributed by atoms with Crippen molar-refractivity contribution in [3.8, 4) is 0 Å². The average Bonchev–Trinajstić information content (AvgIpc) is 2.56. The van der Waals surface area contributed by atoms with Gasteiger partial charge in [0.25, 0.3) is 0 Å². The molecule has 2 aromatic rings. The quantitative estimate of drug-likeness (QED) is 0.828. The van der Waals surface area contributed by atoms with Gasteiger partial charge in [0.1, 0.15) is 5.82 Å². The zero-order valence-electron chi connectivity index (χ0n) is 10.5. The molecule has 0 aliphatic rings. The van der Waals surface area contributed by atoms with Gasteiger partial charge in [-0.2, -0.15) is 0 Å². The molecule has 1 aromatic heterocycles. The summed E-state index contributed by atoms with van der Waals surface area (Å²) in [5.74, 6) is 0.586. The molecule has 0 spiro atoms. The van der Waals surface area contributed by atoms with Crippen LogP contribution in [0.5, 0.6) is 0 Å². The van der Waals surface area contributed by atoms with Gasteiger partial charge in [-0.05, 0) is 45.0 Å². The monoisotopic (exact) mass is 310 g/mol. The molecular weight excluding hydrogens is 296 g/mol. The number of rotatable bonds is 1. The van der Waals surface area contributed by atoms with Gasteiger partial charge < -0.3 is 10.1 Å². The van der Waals surface area contributed by atoms with E-state index in [1.54, 1.807) is 0 Å². The second kappa shape index (κ2) is 4.31. The van der Waals surface area contributed by atoms with E-state index in [0.29, 0.717) is 5.82 Å². The number of aromatic nitrogens is 1. The minimum atomic E-state index is -0.965. The Morgan fingerprint density at radius 1 is 1.33 bits per heavy atom. The van der Waals surface area contributed by atoms with Crippen LogP contribution in [0.1, 0.15) is 20.8 Å². The summed E-state index contributed by atoms with van der Waals surface area (Å²) in [6.07, 6.45) is -0.965. The van der Waals surface area contributed by atoms with Gasteiger partial charge in [0.05, 0.1) is 0 Å². The van der Waals surface area contributed by atoms with Crippen molar-refractivity contribution < 1.29 is 9.90 Å². The predicted molar refractivity (Wildman–Crippen MR) is 76.3 cm³/mol. The van der Waals surface area contributed by atoms with E-state index < -0.39 is 11.6 Å². The van der Waals surface area contributed by atoms with Gasteiger partial charge in [0.2, 0.25) is 0 Å². The Hall–Kier alpha value is -1.49. The van der Waals surface area contributed by atoms with Gasteiger partial charge in [-0.25, -0.2) is 4.79 Å². The second-order valence-electron chi connectivity index (χ2n) is 5.17. The highest BCUT2D eigenvalue weighted by atomic mass is 79.9. The summed E-state index contributed by atoms with van der Waals surface area (Å²) in [5.41, 5.74) is 0.424. The number of aromatic amines is 1. The summed E-state index contributed by atoms with van der Waals surface area (Å²) in [4.78, 5) is 15.9. The summed E-state index contributed by atoms with van der Waals surface area (Å²) in [6.45, 7) is 5.59. The molecule has 0 saturated heterocycles. The number of anilines is 1. The molecule has 18 heavy (non-hydrogen) atoms. The van der Waals surface area contributed by atoms with Crippen molar-refractivity contribution in [3.63, 3.8) is 0 Å². The van der Waals surface area contributed by atoms with Crippen molar-refractivity contribution in [2.24, 2.45) is 0 Å². The smallest absolute Gasteiger partial charge is 0.413 e. The molecule has 96 valence electrons. The second-order valence-corrected chi connectivity index (χ2v) is 6.09. The summed E-state index contributed by atoms with van der Waals surface area (Å²) in [5, 5.41) is 10.3. The maximum absolute atomic E-state index is 11.4. The zero-order chi connectivity index (χ0) is 13.5. The molecular formula is C13H15BrN2O2. The first-order valence-corrected chi connectivity index (χ1v) is 6.40. The Bertz CT molecular complexity index is 599. The summed E-state index contributed by atoms with van der Waals surface area (Å²) < 4.78 is 0.971. The summed E-state index contributed by atoms with van der Waals surface area (Å²) in [7, 11) is 0. The fourth-order valence-electron chi connectivity index (χ4n) is 1.96. The first-order valence-electron chi connectivity index (χ1n) is 5.60. The third kappa shape index (κ3) is 2.36. The van der Waals surface area contributed by atoms with Gasteiger partial charge in [-0.3, -0.25) is 4.90 Å². The number of hydrogen-bond acceptors (Lipinski definition) is 1. The largest absolute Gasteiger partial charge is 0.465 e. The number of fused-ring (bicyclic) bond motifs is 1. The van der Waals surface area contributed by atoms with E-state index >= 15 is 0 Å². The van der Waals surface area contributed by atoms with Crippen molar-refractivity contribution in [2.45, 2.75) is 26.3 Å². The molecule has 0 aliphatic heterocycles. The highest BCUT2D eigenvalue weighted by Crippen LogP contribution is 2.28. The van der Waals surface area contributed by atoms with Crippen molar-refractivity contribution in [3.05, 3.63) is 28.7 Å². The van der Waals surface area contributed by atoms with E-state index in [1.807, 2.05) is 45.0 Å². The fraction of sp³-hybridized carbons (Fsp3) is 0.308. The Kier molecular flexibility index (Phi) is 3.11. The lowest BCUT2D eigenvalue weighted by Gasteiger charge is -2.31. The topological polar surface area (TPSA) is 56.3 Å².